The van der Waals surface area contributed by atoms with E-state index in [1.165, 1.54) is 42.6 Å². The zero-order valence-corrected chi connectivity index (χ0v) is 25.7. The number of hydrogen-bond donors (Lipinski definition) is 2. The monoisotopic (exact) mass is 648 g/mol. The van der Waals surface area contributed by atoms with Gasteiger partial charge in [0.1, 0.15) is 23.9 Å². The summed E-state index contributed by atoms with van der Waals surface area (Å²) in [5, 5.41) is 6.55. The van der Waals surface area contributed by atoms with Crippen molar-refractivity contribution in [1.29, 1.82) is 0 Å². The van der Waals surface area contributed by atoms with E-state index in [0.29, 0.717) is 17.1 Å². The van der Waals surface area contributed by atoms with Crippen molar-refractivity contribution in [2.24, 2.45) is 5.10 Å². The first-order valence-electron chi connectivity index (χ1n) is 13.6. The van der Waals surface area contributed by atoms with Crippen LogP contribution in [-0.2, 0) is 11.4 Å². The van der Waals surface area contributed by atoms with Gasteiger partial charge in [-0.2, -0.15) is 5.10 Å². The highest BCUT2D eigenvalue weighted by Crippen LogP contribution is 2.34. The van der Waals surface area contributed by atoms with Crippen molar-refractivity contribution < 1.29 is 27.9 Å². The predicted octanol–water partition coefficient (Wildman–Crippen LogP) is 7.49. The molecule has 0 atom stereocenters. The number of aromatic nitrogens is 1. The van der Waals surface area contributed by atoms with E-state index >= 15 is 0 Å². The van der Waals surface area contributed by atoms with Crippen molar-refractivity contribution in [1.82, 2.24) is 9.99 Å². The molecule has 2 heterocycles. The quantitative estimate of drug-likeness (QED) is 0.114. The minimum absolute atomic E-state index is 0.0240. The van der Waals surface area contributed by atoms with Crippen LogP contribution in [0.25, 0.3) is 5.69 Å². The van der Waals surface area contributed by atoms with Crippen LogP contribution in [0, 0.1) is 19.7 Å². The number of furan rings is 1. The second-order valence-corrected chi connectivity index (χ2v) is 10.6. The minimum atomic E-state index is -0.597. The van der Waals surface area contributed by atoms with Gasteiger partial charge in [0.05, 0.1) is 21.9 Å². The maximum atomic E-state index is 13.7. The first-order valence-corrected chi connectivity index (χ1v) is 14.4. The molecule has 0 unspecified atom stereocenters. The molecule has 0 radical (unpaired) electrons. The maximum Gasteiger partial charge on any atom is 0.307 e. The average Bonchev–Trinajstić information content (AvgIpc) is 3.63. The Balaban J connectivity index is 1.10. The standard InChI is InChI=1S/C33H27Cl2FN4O5/c1-20-7-8-21(2)40(20)23-9-11-24(12-10-23)43-18-25-13-14-30(45-25)33(42)39-37-17-22-15-26(34)32(27(35)16-22)44-19-31(41)38-29-6-4-3-5-28(29)36/h3-17H,18-19H2,1-2H3,(H,38,41)(H,39,42)/b37-17+. The van der Waals surface area contributed by atoms with E-state index in [4.69, 9.17) is 37.1 Å². The number of para-hydroxylation sites is 1. The smallest absolute Gasteiger partial charge is 0.307 e. The first-order chi connectivity index (χ1) is 21.7. The fourth-order valence-electron chi connectivity index (χ4n) is 4.40. The van der Waals surface area contributed by atoms with Crippen molar-refractivity contribution in [2.45, 2.75) is 20.5 Å². The molecule has 5 aromatic rings. The number of nitrogens with zero attached hydrogens (tertiary/aromatic N) is 2. The van der Waals surface area contributed by atoms with Crippen LogP contribution in [0.4, 0.5) is 10.1 Å². The molecule has 5 rings (SSSR count). The van der Waals surface area contributed by atoms with Gasteiger partial charge in [-0.1, -0.05) is 35.3 Å². The molecule has 0 aliphatic carbocycles. The van der Waals surface area contributed by atoms with Gasteiger partial charge in [0.2, 0.25) is 0 Å². The van der Waals surface area contributed by atoms with Gasteiger partial charge in [-0.15, -0.1) is 0 Å². The molecule has 9 nitrogen and oxygen atoms in total. The van der Waals surface area contributed by atoms with Crippen molar-refractivity contribution >= 4 is 46.9 Å². The lowest BCUT2D eigenvalue weighted by Gasteiger charge is -2.11. The summed E-state index contributed by atoms with van der Waals surface area (Å²) in [7, 11) is 0. The molecule has 2 aromatic heterocycles. The lowest BCUT2D eigenvalue weighted by Crippen LogP contribution is -2.21. The number of anilines is 1. The highest BCUT2D eigenvalue weighted by atomic mass is 35.5. The fraction of sp³-hybridized carbons (Fsp3) is 0.121. The van der Waals surface area contributed by atoms with Gasteiger partial charge in [-0.25, -0.2) is 9.82 Å². The highest BCUT2D eigenvalue weighted by molar-refractivity contribution is 6.37. The van der Waals surface area contributed by atoms with Crippen LogP contribution in [0.3, 0.4) is 0 Å². The second kappa shape index (κ2) is 14.1. The summed E-state index contributed by atoms with van der Waals surface area (Å²) in [6, 6.07) is 23.7. The topological polar surface area (TPSA) is 107 Å². The van der Waals surface area contributed by atoms with Crippen molar-refractivity contribution in [3.05, 3.63) is 129 Å². The Kier molecular flexibility index (Phi) is 9.86. The number of amides is 2. The number of ether oxygens (including phenoxy) is 2. The van der Waals surface area contributed by atoms with E-state index in [0.717, 1.165) is 17.1 Å². The van der Waals surface area contributed by atoms with Crippen LogP contribution in [0.2, 0.25) is 10.0 Å². The average molecular weight is 650 g/mol. The number of benzene rings is 3. The molecular weight excluding hydrogens is 622 g/mol. The second-order valence-electron chi connectivity index (χ2n) is 9.83. The number of hydrogen-bond acceptors (Lipinski definition) is 6. The van der Waals surface area contributed by atoms with E-state index in [-0.39, 0.29) is 33.8 Å². The Morgan fingerprint density at radius 3 is 2.31 bits per heavy atom. The molecule has 12 heteroatoms. The molecule has 0 fully saturated rings. The predicted molar refractivity (Wildman–Crippen MR) is 170 cm³/mol. The first kappa shape index (κ1) is 31.4. The molecule has 0 saturated carbocycles. The molecule has 230 valence electrons. The molecular formula is C33H27Cl2FN4O5. The van der Waals surface area contributed by atoms with Gasteiger partial charge in [0, 0.05) is 17.1 Å². The number of hydrazone groups is 1. The number of aryl methyl sites for hydroxylation is 2. The number of halogens is 3. The Labute approximate surface area is 268 Å². The molecule has 0 aliphatic rings. The van der Waals surface area contributed by atoms with E-state index in [2.05, 4.69) is 46.4 Å². The van der Waals surface area contributed by atoms with E-state index in [9.17, 15) is 14.0 Å². The number of rotatable bonds is 11. The van der Waals surface area contributed by atoms with E-state index < -0.39 is 24.2 Å². The summed E-state index contributed by atoms with van der Waals surface area (Å²) in [5.74, 6) is -0.508. The molecule has 0 bridgehead atoms. The fourth-order valence-corrected chi connectivity index (χ4v) is 5.01. The van der Waals surface area contributed by atoms with Crippen molar-refractivity contribution in [3.63, 3.8) is 0 Å². The Bertz CT molecular complexity index is 1820. The third-order valence-electron chi connectivity index (χ3n) is 6.53. The van der Waals surface area contributed by atoms with Crippen LogP contribution < -0.4 is 20.2 Å². The normalized spacial score (nSPS) is 11.0. The van der Waals surface area contributed by atoms with Gasteiger partial charge < -0.3 is 23.8 Å². The number of carbonyl (C=O) groups excluding carboxylic acids is 2. The van der Waals surface area contributed by atoms with Crippen molar-refractivity contribution in [2.75, 3.05) is 11.9 Å². The summed E-state index contributed by atoms with van der Waals surface area (Å²) in [6.45, 7) is 3.79. The van der Waals surface area contributed by atoms with Gasteiger partial charge in [0.15, 0.2) is 18.1 Å². The lowest BCUT2D eigenvalue weighted by atomic mass is 10.2. The Morgan fingerprint density at radius 1 is 0.933 bits per heavy atom. The molecule has 0 saturated heterocycles. The third kappa shape index (κ3) is 7.91. The summed E-state index contributed by atoms with van der Waals surface area (Å²) < 4.78 is 32.7. The molecule has 2 amide bonds. The lowest BCUT2D eigenvalue weighted by molar-refractivity contribution is -0.118. The molecule has 3 aromatic carbocycles. The molecule has 45 heavy (non-hydrogen) atoms. The summed E-state index contributed by atoms with van der Waals surface area (Å²) in [4.78, 5) is 24.7. The minimum Gasteiger partial charge on any atom is -0.486 e. The summed E-state index contributed by atoms with van der Waals surface area (Å²) in [5.41, 5.74) is 6.18. The van der Waals surface area contributed by atoms with Gasteiger partial charge >= 0.3 is 5.91 Å². The number of carbonyl (C=O) groups is 2. The van der Waals surface area contributed by atoms with Crippen LogP contribution in [0.5, 0.6) is 11.5 Å². The van der Waals surface area contributed by atoms with Crippen LogP contribution in [0.15, 0.2) is 94.4 Å². The summed E-state index contributed by atoms with van der Waals surface area (Å²) in [6.07, 6.45) is 1.33. The van der Waals surface area contributed by atoms with Crippen LogP contribution in [-0.4, -0.2) is 29.2 Å². The zero-order chi connectivity index (χ0) is 31.9. The molecule has 0 spiro atoms. The Morgan fingerprint density at radius 2 is 1.62 bits per heavy atom. The van der Waals surface area contributed by atoms with Gasteiger partial charge in [-0.3, -0.25) is 9.59 Å². The molecule has 2 N–H and O–H groups in total. The van der Waals surface area contributed by atoms with E-state index in [1.54, 1.807) is 12.1 Å². The Hall–Kier alpha value is -5.06. The van der Waals surface area contributed by atoms with Crippen molar-refractivity contribution in [3.8, 4) is 17.2 Å². The summed E-state index contributed by atoms with van der Waals surface area (Å²) >= 11 is 12.6. The van der Waals surface area contributed by atoms with Crippen LogP contribution in [0.1, 0.15) is 33.3 Å². The van der Waals surface area contributed by atoms with Gasteiger partial charge in [0.25, 0.3) is 5.91 Å². The maximum absolute atomic E-state index is 13.7. The van der Waals surface area contributed by atoms with E-state index in [1.807, 2.05) is 24.3 Å². The third-order valence-corrected chi connectivity index (χ3v) is 7.09. The number of nitrogens with one attached hydrogen (secondary N) is 2. The van der Waals surface area contributed by atoms with Crippen LogP contribution >= 0.6 is 23.2 Å². The zero-order valence-electron chi connectivity index (χ0n) is 24.1. The highest BCUT2D eigenvalue weighted by Gasteiger charge is 2.14. The largest absolute Gasteiger partial charge is 0.486 e. The molecule has 0 aliphatic heterocycles. The van der Waals surface area contributed by atoms with Gasteiger partial charge in [-0.05, 0) is 92.2 Å². The SMILES string of the molecule is Cc1ccc(C)n1-c1ccc(OCc2ccc(C(=O)N/N=C/c3cc(Cl)c(OCC(=O)Nc4ccccc4F)c(Cl)c3)o2)cc1.